The second-order valence-electron chi connectivity index (χ2n) is 5.74. The average Bonchev–Trinajstić information content (AvgIpc) is 2.93. The molecule has 1 aromatic carbocycles. The maximum absolute atomic E-state index is 8.86. The van der Waals surface area contributed by atoms with Crippen LogP contribution in [-0.2, 0) is 6.54 Å². The molecule has 3 nitrogen and oxygen atoms in total. The standard InChI is InChI=1S/C18H26N2O/c1-3-20-12-6-11-18(20)15-19(2)14-17-9-5-4-8-16(17)10-7-13-21/h4-5,8-9,18,21H,3,6,11-15H2,1-2H3. The lowest BCUT2D eigenvalue weighted by atomic mass is 10.1. The van der Waals surface area contributed by atoms with Gasteiger partial charge in [-0.3, -0.25) is 4.90 Å². The highest BCUT2D eigenvalue weighted by Gasteiger charge is 2.23. The summed E-state index contributed by atoms with van der Waals surface area (Å²) < 4.78 is 0. The monoisotopic (exact) mass is 286 g/mol. The first-order valence-electron chi connectivity index (χ1n) is 7.84. The summed E-state index contributed by atoms with van der Waals surface area (Å²) in [5, 5.41) is 8.86. The summed E-state index contributed by atoms with van der Waals surface area (Å²) in [5.74, 6) is 5.79. The molecule has 1 N–H and O–H groups in total. The van der Waals surface area contributed by atoms with E-state index in [0.717, 1.165) is 25.2 Å². The van der Waals surface area contributed by atoms with Crippen molar-refractivity contribution in [2.45, 2.75) is 32.4 Å². The number of hydrogen-bond donors (Lipinski definition) is 1. The molecule has 1 aliphatic heterocycles. The maximum atomic E-state index is 8.86. The molecule has 114 valence electrons. The third kappa shape index (κ3) is 4.57. The third-order valence-electron chi connectivity index (χ3n) is 4.19. The molecule has 0 aromatic heterocycles. The van der Waals surface area contributed by atoms with Crippen LogP contribution >= 0.6 is 0 Å². The molecule has 0 spiro atoms. The molecule has 1 fully saturated rings. The van der Waals surface area contributed by atoms with Crippen molar-refractivity contribution in [3.8, 4) is 11.8 Å². The van der Waals surface area contributed by atoms with Crippen LogP contribution in [0.5, 0.6) is 0 Å². The van der Waals surface area contributed by atoms with Crippen LogP contribution in [0.2, 0.25) is 0 Å². The Morgan fingerprint density at radius 3 is 2.95 bits per heavy atom. The maximum Gasteiger partial charge on any atom is 0.104 e. The fourth-order valence-corrected chi connectivity index (χ4v) is 3.15. The van der Waals surface area contributed by atoms with E-state index in [1.165, 1.54) is 24.9 Å². The highest BCUT2D eigenvalue weighted by molar-refractivity contribution is 5.41. The molecule has 1 saturated heterocycles. The number of likely N-dealkylation sites (N-methyl/N-ethyl adjacent to an activating group) is 2. The SMILES string of the molecule is CCN1CCCC1CN(C)Cc1ccccc1C#CCO. The van der Waals surface area contributed by atoms with Crippen LogP contribution < -0.4 is 0 Å². The van der Waals surface area contributed by atoms with Crippen LogP contribution in [0.1, 0.15) is 30.9 Å². The van der Waals surface area contributed by atoms with Gasteiger partial charge in [0.2, 0.25) is 0 Å². The van der Waals surface area contributed by atoms with Crippen LogP contribution in [0, 0.1) is 11.8 Å². The second kappa shape index (κ2) is 8.19. The van der Waals surface area contributed by atoms with Crippen LogP contribution in [0.4, 0.5) is 0 Å². The van der Waals surface area contributed by atoms with E-state index in [0.29, 0.717) is 6.04 Å². The van der Waals surface area contributed by atoms with Crippen molar-refractivity contribution in [1.29, 1.82) is 0 Å². The van der Waals surface area contributed by atoms with Crippen molar-refractivity contribution in [2.24, 2.45) is 0 Å². The van der Waals surface area contributed by atoms with Gasteiger partial charge in [0, 0.05) is 24.7 Å². The number of likely N-dealkylation sites (tertiary alicyclic amines) is 1. The Morgan fingerprint density at radius 2 is 2.19 bits per heavy atom. The largest absolute Gasteiger partial charge is 0.384 e. The Hall–Kier alpha value is -1.34. The molecule has 21 heavy (non-hydrogen) atoms. The van der Waals surface area contributed by atoms with Crippen LogP contribution in [0.3, 0.4) is 0 Å². The van der Waals surface area contributed by atoms with Gasteiger partial charge in [0.25, 0.3) is 0 Å². The zero-order valence-corrected chi connectivity index (χ0v) is 13.2. The Morgan fingerprint density at radius 1 is 1.38 bits per heavy atom. The zero-order chi connectivity index (χ0) is 15.1. The first-order chi connectivity index (χ1) is 10.2. The third-order valence-corrected chi connectivity index (χ3v) is 4.19. The number of aliphatic hydroxyl groups is 1. The number of aliphatic hydroxyl groups excluding tert-OH is 1. The lowest BCUT2D eigenvalue weighted by molar-refractivity contribution is 0.195. The minimum absolute atomic E-state index is 0.0856. The van der Waals surface area contributed by atoms with E-state index < -0.39 is 0 Å². The zero-order valence-electron chi connectivity index (χ0n) is 13.2. The number of benzene rings is 1. The van der Waals surface area contributed by atoms with E-state index in [2.05, 4.69) is 47.7 Å². The molecule has 0 amide bonds. The number of hydrogen-bond acceptors (Lipinski definition) is 3. The van der Waals surface area contributed by atoms with Crippen LogP contribution in [0.15, 0.2) is 24.3 Å². The van der Waals surface area contributed by atoms with E-state index >= 15 is 0 Å². The molecular formula is C18H26N2O. The Kier molecular flexibility index (Phi) is 6.25. The van der Waals surface area contributed by atoms with Gasteiger partial charge in [0.05, 0.1) is 0 Å². The molecular weight excluding hydrogens is 260 g/mol. The summed E-state index contributed by atoms with van der Waals surface area (Å²) in [6.07, 6.45) is 2.63. The van der Waals surface area contributed by atoms with Gasteiger partial charge in [-0.15, -0.1) is 0 Å². The van der Waals surface area contributed by atoms with Gasteiger partial charge < -0.3 is 10.0 Å². The molecule has 0 radical (unpaired) electrons. The minimum atomic E-state index is -0.0856. The van der Waals surface area contributed by atoms with E-state index in [1.807, 2.05) is 12.1 Å². The van der Waals surface area contributed by atoms with E-state index in [4.69, 9.17) is 5.11 Å². The fraction of sp³-hybridized carbons (Fsp3) is 0.556. The van der Waals surface area contributed by atoms with Crippen molar-refractivity contribution >= 4 is 0 Å². The molecule has 1 unspecified atom stereocenters. The average molecular weight is 286 g/mol. The normalized spacial score (nSPS) is 18.8. The summed E-state index contributed by atoms with van der Waals surface area (Å²) in [6, 6.07) is 8.90. The van der Waals surface area contributed by atoms with Crippen LogP contribution in [-0.4, -0.2) is 54.2 Å². The first kappa shape index (κ1) is 16.0. The second-order valence-corrected chi connectivity index (χ2v) is 5.74. The first-order valence-corrected chi connectivity index (χ1v) is 7.84. The van der Waals surface area contributed by atoms with Crippen molar-refractivity contribution in [2.75, 3.05) is 33.3 Å². The predicted octanol–water partition coefficient (Wildman–Crippen LogP) is 1.95. The van der Waals surface area contributed by atoms with E-state index in [-0.39, 0.29) is 6.61 Å². The van der Waals surface area contributed by atoms with Gasteiger partial charge >= 0.3 is 0 Å². The van der Waals surface area contributed by atoms with Gasteiger partial charge in [-0.25, -0.2) is 0 Å². The Labute approximate surface area is 128 Å². The van der Waals surface area contributed by atoms with Gasteiger partial charge in [0.15, 0.2) is 0 Å². The molecule has 1 aliphatic rings. The molecule has 1 atom stereocenters. The highest BCUT2D eigenvalue weighted by atomic mass is 16.2. The van der Waals surface area contributed by atoms with Gasteiger partial charge in [-0.2, -0.15) is 0 Å². The van der Waals surface area contributed by atoms with Gasteiger partial charge in [-0.1, -0.05) is 37.0 Å². The molecule has 0 aliphatic carbocycles. The number of rotatable bonds is 5. The van der Waals surface area contributed by atoms with E-state index in [9.17, 15) is 0 Å². The van der Waals surface area contributed by atoms with Crippen molar-refractivity contribution < 1.29 is 5.11 Å². The summed E-state index contributed by atoms with van der Waals surface area (Å²) in [5.41, 5.74) is 2.26. The smallest absolute Gasteiger partial charge is 0.104 e. The lowest BCUT2D eigenvalue weighted by Crippen LogP contribution is -2.38. The summed E-state index contributed by atoms with van der Waals surface area (Å²) in [7, 11) is 2.18. The molecule has 1 aromatic rings. The summed E-state index contributed by atoms with van der Waals surface area (Å²) >= 11 is 0. The Balaban J connectivity index is 1.98. The molecule has 0 saturated carbocycles. The molecule has 3 heteroatoms. The highest BCUT2D eigenvalue weighted by Crippen LogP contribution is 2.18. The van der Waals surface area contributed by atoms with E-state index in [1.54, 1.807) is 0 Å². The topological polar surface area (TPSA) is 26.7 Å². The molecule has 0 bridgehead atoms. The summed E-state index contributed by atoms with van der Waals surface area (Å²) in [6.45, 7) is 6.57. The van der Waals surface area contributed by atoms with Gasteiger partial charge in [-0.05, 0) is 44.6 Å². The van der Waals surface area contributed by atoms with Crippen molar-refractivity contribution in [3.05, 3.63) is 35.4 Å². The van der Waals surface area contributed by atoms with Gasteiger partial charge in [0.1, 0.15) is 6.61 Å². The fourth-order valence-electron chi connectivity index (χ4n) is 3.15. The van der Waals surface area contributed by atoms with Crippen molar-refractivity contribution in [1.82, 2.24) is 9.80 Å². The quantitative estimate of drug-likeness (QED) is 0.838. The predicted molar refractivity (Wildman–Crippen MR) is 87.0 cm³/mol. The number of nitrogens with zero attached hydrogens (tertiary/aromatic N) is 2. The van der Waals surface area contributed by atoms with Crippen LogP contribution in [0.25, 0.3) is 0 Å². The lowest BCUT2D eigenvalue weighted by Gasteiger charge is -2.28. The minimum Gasteiger partial charge on any atom is -0.384 e. The molecule has 1 heterocycles. The summed E-state index contributed by atoms with van der Waals surface area (Å²) in [4.78, 5) is 4.96. The Bertz CT molecular complexity index is 503. The van der Waals surface area contributed by atoms with Crippen molar-refractivity contribution in [3.63, 3.8) is 0 Å². The molecule has 2 rings (SSSR count).